The van der Waals surface area contributed by atoms with Crippen molar-refractivity contribution in [3.8, 4) is 11.5 Å². The van der Waals surface area contributed by atoms with Crippen molar-refractivity contribution in [1.82, 2.24) is 4.98 Å². The largest absolute Gasteiger partial charge is 0.508 e. The highest BCUT2D eigenvalue weighted by Crippen LogP contribution is 2.35. The molecule has 0 spiro atoms. The van der Waals surface area contributed by atoms with Crippen LogP contribution in [0.2, 0.25) is 0 Å². The van der Waals surface area contributed by atoms with Gasteiger partial charge in [0.1, 0.15) is 11.5 Å². The molecule has 0 saturated heterocycles. The van der Waals surface area contributed by atoms with E-state index < -0.39 is 23.5 Å². The average Bonchev–Trinajstić information content (AvgIpc) is 2.89. The van der Waals surface area contributed by atoms with Gasteiger partial charge in [-0.05, 0) is 42.0 Å². The van der Waals surface area contributed by atoms with Gasteiger partial charge in [0.05, 0.1) is 28.9 Å². The van der Waals surface area contributed by atoms with Gasteiger partial charge in [-0.2, -0.15) is 26.3 Å². The van der Waals surface area contributed by atoms with Crippen molar-refractivity contribution in [3.05, 3.63) is 102 Å². The van der Waals surface area contributed by atoms with E-state index in [1.54, 1.807) is 6.07 Å². The fourth-order valence-corrected chi connectivity index (χ4v) is 3.72. The number of phenolic OH excluding ortho intramolecular Hbond substituents is 1. The first-order chi connectivity index (χ1) is 18.4. The van der Waals surface area contributed by atoms with Gasteiger partial charge in [-0.3, -0.25) is 4.98 Å². The zero-order valence-electron chi connectivity index (χ0n) is 20.6. The summed E-state index contributed by atoms with van der Waals surface area (Å²) in [7, 11) is 1.00. The molecule has 3 aromatic carbocycles. The molecule has 1 aromatic heterocycles. The van der Waals surface area contributed by atoms with Crippen molar-refractivity contribution >= 4 is 22.3 Å². The molecule has 0 unspecified atom stereocenters. The van der Waals surface area contributed by atoms with Crippen LogP contribution in [-0.2, 0) is 18.8 Å². The molecule has 206 valence electrons. The van der Waals surface area contributed by atoms with Gasteiger partial charge >= 0.3 is 12.4 Å². The van der Waals surface area contributed by atoms with Crippen molar-refractivity contribution in [1.29, 1.82) is 0 Å². The second-order valence-corrected chi connectivity index (χ2v) is 8.17. The van der Waals surface area contributed by atoms with E-state index >= 15 is 0 Å². The lowest BCUT2D eigenvalue weighted by molar-refractivity contribution is -0.138. The molecule has 0 bridgehead atoms. The minimum atomic E-state index is -4.49. The van der Waals surface area contributed by atoms with Gasteiger partial charge in [0, 0.05) is 42.4 Å². The summed E-state index contributed by atoms with van der Waals surface area (Å²) in [4.78, 5) is 4.10. The van der Waals surface area contributed by atoms with E-state index in [2.05, 4.69) is 16.9 Å². The Hall–Kier alpha value is -4.25. The van der Waals surface area contributed by atoms with E-state index in [0.717, 1.165) is 25.3 Å². The summed E-state index contributed by atoms with van der Waals surface area (Å²) in [5, 5.41) is 20.4. The predicted octanol–water partition coefficient (Wildman–Crippen LogP) is 7.29. The summed E-state index contributed by atoms with van der Waals surface area (Å²) >= 11 is 0. The number of ether oxygens (including phenoxy) is 1. The third-order valence-electron chi connectivity index (χ3n) is 5.56. The van der Waals surface area contributed by atoms with Gasteiger partial charge < -0.3 is 20.3 Å². The van der Waals surface area contributed by atoms with Gasteiger partial charge in [-0.25, -0.2) is 0 Å². The number of nitrogens with zero attached hydrogens (tertiary/aromatic N) is 1. The zero-order chi connectivity index (χ0) is 28.8. The van der Waals surface area contributed by atoms with Crippen LogP contribution in [0.3, 0.4) is 0 Å². The van der Waals surface area contributed by atoms with E-state index in [1.807, 2.05) is 0 Å². The highest BCUT2D eigenvalue weighted by Gasteiger charge is 2.33. The third-order valence-corrected chi connectivity index (χ3v) is 5.56. The number of aromatic hydroxyl groups is 1. The first kappa shape index (κ1) is 29.3. The van der Waals surface area contributed by atoms with Gasteiger partial charge in [0.15, 0.2) is 0 Å². The lowest BCUT2D eigenvalue weighted by Gasteiger charge is -2.17. The fourth-order valence-electron chi connectivity index (χ4n) is 3.72. The van der Waals surface area contributed by atoms with E-state index in [9.17, 15) is 31.4 Å². The second kappa shape index (κ2) is 12.1. The monoisotopic (exact) mass is 550 g/mol. The summed E-state index contributed by atoms with van der Waals surface area (Å²) in [6.07, 6.45) is -7.62. The number of halogens is 6. The molecular weight excluding hydrogens is 526 g/mol. The normalized spacial score (nSPS) is 11.5. The van der Waals surface area contributed by atoms with Crippen molar-refractivity contribution in [3.63, 3.8) is 0 Å². The Morgan fingerprint density at radius 1 is 0.923 bits per heavy atom. The molecule has 0 atom stereocenters. The highest BCUT2D eigenvalue weighted by atomic mass is 19.4. The Labute approximate surface area is 220 Å². The topological polar surface area (TPSA) is 74.6 Å². The van der Waals surface area contributed by atoms with Gasteiger partial charge in [0.25, 0.3) is 0 Å². The number of fused-ring (bicyclic) bond motifs is 1. The number of aromatic nitrogens is 1. The van der Waals surface area contributed by atoms with Crippen molar-refractivity contribution in [2.24, 2.45) is 0 Å². The SMILES string of the molecule is C=C(Nc1cc(O)ccc1OCCc1ccccc1C(F)(F)F)c1cnc2cc(C(F)(F)F)ccc2c1.CO. The van der Waals surface area contributed by atoms with Crippen LogP contribution in [0.25, 0.3) is 16.6 Å². The zero-order valence-corrected chi connectivity index (χ0v) is 20.6. The lowest BCUT2D eigenvalue weighted by atomic mass is 10.0. The number of alkyl halides is 6. The Bertz CT molecular complexity index is 1450. The van der Waals surface area contributed by atoms with Crippen LogP contribution in [0.5, 0.6) is 11.5 Å². The number of benzene rings is 3. The molecule has 0 aliphatic carbocycles. The minimum absolute atomic E-state index is 0.00848. The number of aliphatic hydroxyl groups is 1. The Morgan fingerprint density at radius 2 is 1.64 bits per heavy atom. The minimum Gasteiger partial charge on any atom is -0.508 e. The quantitative estimate of drug-likeness (QED) is 0.211. The number of rotatable bonds is 7. The molecule has 4 rings (SSSR count). The Morgan fingerprint density at radius 3 is 2.33 bits per heavy atom. The molecule has 39 heavy (non-hydrogen) atoms. The summed E-state index contributed by atoms with van der Waals surface area (Å²) in [6, 6.07) is 14.2. The number of hydrogen-bond acceptors (Lipinski definition) is 5. The van der Waals surface area contributed by atoms with Gasteiger partial charge in [0.2, 0.25) is 0 Å². The third kappa shape index (κ3) is 7.41. The van der Waals surface area contributed by atoms with Crippen LogP contribution >= 0.6 is 0 Å². The van der Waals surface area contributed by atoms with Crippen LogP contribution < -0.4 is 10.1 Å². The average molecular weight is 550 g/mol. The number of nitrogens with one attached hydrogen (secondary N) is 1. The first-order valence-corrected chi connectivity index (χ1v) is 11.4. The predicted molar refractivity (Wildman–Crippen MR) is 136 cm³/mol. The van der Waals surface area contributed by atoms with Crippen LogP contribution in [0, 0.1) is 0 Å². The second-order valence-electron chi connectivity index (χ2n) is 8.17. The van der Waals surface area contributed by atoms with Crippen LogP contribution in [-0.4, -0.2) is 28.9 Å². The van der Waals surface area contributed by atoms with Crippen molar-refractivity contribution in [2.45, 2.75) is 18.8 Å². The van der Waals surface area contributed by atoms with E-state index in [4.69, 9.17) is 9.84 Å². The smallest absolute Gasteiger partial charge is 0.416 e. The van der Waals surface area contributed by atoms with E-state index in [0.29, 0.717) is 22.3 Å². The molecule has 3 N–H and O–H groups in total. The van der Waals surface area contributed by atoms with Gasteiger partial charge in [-0.1, -0.05) is 30.8 Å². The summed E-state index contributed by atoms with van der Waals surface area (Å²) < 4.78 is 84.3. The highest BCUT2D eigenvalue weighted by molar-refractivity contribution is 5.86. The Kier molecular flexibility index (Phi) is 9.08. The van der Waals surface area contributed by atoms with Gasteiger partial charge in [-0.15, -0.1) is 0 Å². The van der Waals surface area contributed by atoms with E-state index in [-0.39, 0.29) is 35.6 Å². The molecule has 0 amide bonds. The van der Waals surface area contributed by atoms with Crippen molar-refractivity contribution in [2.75, 3.05) is 19.0 Å². The number of pyridine rings is 1. The fraction of sp³-hybridized carbons (Fsp3) is 0.179. The number of phenols is 1. The molecule has 4 aromatic rings. The van der Waals surface area contributed by atoms with Crippen molar-refractivity contribution < 1.29 is 41.3 Å². The molecule has 0 aliphatic rings. The maximum atomic E-state index is 13.2. The molecular formula is C28H24F6N2O3. The summed E-state index contributed by atoms with van der Waals surface area (Å²) in [5.41, 5.74) is -0.219. The summed E-state index contributed by atoms with van der Waals surface area (Å²) in [5.74, 6) is 0.161. The number of anilines is 1. The van der Waals surface area contributed by atoms with Crippen LogP contribution in [0.1, 0.15) is 22.3 Å². The maximum Gasteiger partial charge on any atom is 0.416 e. The molecule has 11 heteroatoms. The molecule has 0 saturated carbocycles. The molecule has 1 heterocycles. The molecule has 0 radical (unpaired) electrons. The van der Waals surface area contributed by atoms with Crippen LogP contribution in [0.15, 0.2) is 79.5 Å². The molecule has 0 fully saturated rings. The standard InChI is InChI=1S/C27H20F6N2O2.CH4O/c1-16(19-12-18-6-7-20(26(28,29)30)13-23(18)34-15-19)35-24-14-21(36)8-9-25(24)37-11-10-17-4-2-3-5-22(17)27(31,32)33;1-2/h2-9,12-15,35-36H,1,10-11H2;2H,1H3. The maximum absolute atomic E-state index is 13.2. The number of hydrogen-bond donors (Lipinski definition) is 3. The molecule has 5 nitrogen and oxygen atoms in total. The first-order valence-electron chi connectivity index (χ1n) is 11.4. The molecule has 0 aliphatic heterocycles. The Balaban J connectivity index is 0.00000205. The van der Waals surface area contributed by atoms with E-state index in [1.165, 1.54) is 48.7 Å². The van der Waals surface area contributed by atoms with Crippen LogP contribution in [0.4, 0.5) is 32.0 Å². The summed E-state index contributed by atoms with van der Waals surface area (Å²) in [6.45, 7) is 3.86. The number of aliphatic hydroxyl groups excluding tert-OH is 1. The lowest BCUT2D eigenvalue weighted by Crippen LogP contribution is -2.12.